The summed E-state index contributed by atoms with van der Waals surface area (Å²) in [6.07, 6.45) is 0. The quantitative estimate of drug-likeness (QED) is 0.393. The number of nitrogens with two attached hydrogens (primary N) is 1. The Bertz CT molecular complexity index is 642. The largest absolute Gasteiger partial charge is 0.487 e. The van der Waals surface area contributed by atoms with Crippen LogP contribution in [0.4, 0.5) is 0 Å². The molecule has 4 nitrogen and oxygen atoms in total. The first-order chi connectivity index (χ1) is 9.61. The van der Waals surface area contributed by atoms with Gasteiger partial charge in [0.25, 0.3) is 0 Å². The molecule has 20 heavy (non-hydrogen) atoms. The molecule has 0 aromatic heterocycles. The highest BCUT2D eigenvalue weighted by Gasteiger charge is 2.08. The number of rotatable bonds is 4. The van der Waals surface area contributed by atoms with Gasteiger partial charge in [-0.25, -0.2) is 0 Å². The Labute approximate surface area is 122 Å². The van der Waals surface area contributed by atoms with Crippen molar-refractivity contribution in [2.45, 2.75) is 13.5 Å². The van der Waals surface area contributed by atoms with Crippen LogP contribution in [0.25, 0.3) is 0 Å². The van der Waals surface area contributed by atoms with Crippen molar-refractivity contribution < 1.29 is 9.94 Å². The Hall–Kier alpha value is -2.20. The summed E-state index contributed by atoms with van der Waals surface area (Å²) in [7, 11) is 0. The summed E-state index contributed by atoms with van der Waals surface area (Å²) in [5, 5.41) is 12.4. The lowest BCUT2D eigenvalue weighted by Gasteiger charge is -2.11. The van der Waals surface area contributed by atoms with Crippen molar-refractivity contribution >= 4 is 17.4 Å². The molecule has 0 heterocycles. The number of hydrogen-bond acceptors (Lipinski definition) is 3. The summed E-state index contributed by atoms with van der Waals surface area (Å²) < 4.78 is 5.69. The fraction of sp³-hybridized carbons (Fsp3) is 0.133. The molecule has 2 aromatic carbocycles. The van der Waals surface area contributed by atoms with E-state index in [1.54, 1.807) is 6.07 Å². The van der Waals surface area contributed by atoms with Gasteiger partial charge in [-0.2, -0.15) is 0 Å². The van der Waals surface area contributed by atoms with Gasteiger partial charge in [0.15, 0.2) is 5.84 Å². The van der Waals surface area contributed by atoms with E-state index in [-0.39, 0.29) is 12.4 Å². The predicted molar refractivity (Wildman–Crippen MR) is 79.5 cm³/mol. The maximum absolute atomic E-state index is 8.77. The molecule has 0 spiro atoms. The van der Waals surface area contributed by atoms with Gasteiger partial charge in [-0.05, 0) is 24.6 Å². The molecule has 0 saturated carbocycles. The van der Waals surface area contributed by atoms with Crippen LogP contribution in [0.1, 0.15) is 16.7 Å². The van der Waals surface area contributed by atoms with Crippen molar-refractivity contribution in [2.75, 3.05) is 0 Å². The average Bonchev–Trinajstić information content (AvgIpc) is 2.46. The number of hydrogen-bond donors (Lipinski definition) is 2. The number of halogens is 1. The fourth-order valence-corrected chi connectivity index (χ4v) is 2.12. The molecule has 104 valence electrons. The lowest BCUT2D eigenvalue weighted by Crippen LogP contribution is -2.16. The first-order valence-corrected chi connectivity index (χ1v) is 6.44. The highest BCUT2D eigenvalue weighted by atomic mass is 35.5. The molecule has 0 radical (unpaired) electrons. The second-order valence-corrected chi connectivity index (χ2v) is 4.77. The van der Waals surface area contributed by atoms with E-state index in [2.05, 4.69) is 5.16 Å². The van der Waals surface area contributed by atoms with E-state index in [1.165, 1.54) is 0 Å². The van der Waals surface area contributed by atoms with Gasteiger partial charge in [-0.3, -0.25) is 0 Å². The van der Waals surface area contributed by atoms with Crippen LogP contribution in [0.2, 0.25) is 5.02 Å². The first-order valence-electron chi connectivity index (χ1n) is 6.06. The van der Waals surface area contributed by atoms with E-state index in [0.29, 0.717) is 16.3 Å². The van der Waals surface area contributed by atoms with Crippen LogP contribution in [0, 0.1) is 6.92 Å². The molecule has 0 aliphatic carbocycles. The molecular weight excluding hydrogens is 276 g/mol. The SMILES string of the molecule is Cc1ccc(OCc2ccccc2C(N)=NO)c(Cl)c1. The molecule has 0 aliphatic heterocycles. The van der Waals surface area contributed by atoms with Crippen LogP contribution in [0.3, 0.4) is 0 Å². The molecule has 0 amide bonds. The van der Waals surface area contributed by atoms with Crippen LogP contribution in [-0.2, 0) is 6.61 Å². The van der Waals surface area contributed by atoms with Crippen molar-refractivity contribution in [2.24, 2.45) is 10.9 Å². The van der Waals surface area contributed by atoms with Gasteiger partial charge in [-0.15, -0.1) is 0 Å². The molecule has 0 saturated heterocycles. The molecule has 5 heteroatoms. The smallest absolute Gasteiger partial charge is 0.170 e. The minimum absolute atomic E-state index is 0.0548. The standard InChI is InChI=1S/C15H15ClN2O2/c1-10-6-7-14(13(16)8-10)20-9-11-4-2-3-5-12(11)15(17)18-19/h2-8,19H,9H2,1H3,(H2,17,18). The van der Waals surface area contributed by atoms with Gasteiger partial charge < -0.3 is 15.7 Å². The summed E-state index contributed by atoms with van der Waals surface area (Å²) in [6, 6.07) is 12.9. The van der Waals surface area contributed by atoms with Crippen molar-refractivity contribution in [3.8, 4) is 5.75 Å². The summed E-state index contributed by atoms with van der Waals surface area (Å²) in [5.41, 5.74) is 8.16. The summed E-state index contributed by atoms with van der Waals surface area (Å²) in [6.45, 7) is 2.25. The Morgan fingerprint density at radius 3 is 2.75 bits per heavy atom. The van der Waals surface area contributed by atoms with Crippen LogP contribution >= 0.6 is 11.6 Å². The minimum Gasteiger partial charge on any atom is -0.487 e. The van der Waals surface area contributed by atoms with Crippen molar-refractivity contribution in [3.63, 3.8) is 0 Å². The van der Waals surface area contributed by atoms with Crippen molar-refractivity contribution in [1.82, 2.24) is 0 Å². The van der Waals surface area contributed by atoms with E-state index in [4.69, 9.17) is 27.3 Å². The van der Waals surface area contributed by atoms with Crippen LogP contribution in [-0.4, -0.2) is 11.0 Å². The molecule has 0 fully saturated rings. The van der Waals surface area contributed by atoms with Gasteiger partial charge in [0.1, 0.15) is 12.4 Å². The van der Waals surface area contributed by atoms with Crippen LogP contribution in [0.15, 0.2) is 47.6 Å². The fourth-order valence-electron chi connectivity index (χ4n) is 1.83. The Morgan fingerprint density at radius 2 is 2.05 bits per heavy atom. The van der Waals surface area contributed by atoms with Gasteiger partial charge in [-0.1, -0.05) is 47.1 Å². The Morgan fingerprint density at radius 1 is 1.30 bits per heavy atom. The van der Waals surface area contributed by atoms with E-state index in [0.717, 1.165) is 11.1 Å². The van der Waals surface area contributed by atoms with E-state index in [9.17, 15) is 0 Å². The summed E-state index contributed by atoms with van der Waals surface area (Å²) in [4.78, 5) is 0. The molecule has 0 aliphatic rings. The first kappa shape index (κ1) is 14.2. The monoisotopic (exact) mass is 290 g/mol. The van der Waals surface area contributed by atoms with Crippen LogP contribution in [0.5, 0.6) is 5.75 Å². The lowest BCUT2D eigenvalue weighted by atomic mass is 10.1. The molecule has 0 atom stereocenters. The van der Waals surface area contributed by atoms with E-state index < -0.39 is 0 Å². The molecule has 3 N–H and O–H groups in total. The van der Waals surface area contributed by atoms with Crippen molar-refractivity contribution in [1.29, 1.82) is 0 Å². The minimum atomic E-state index is 0.0548. The molecule has 0 bridgehead atoms. The van der Waals surface area contributed by atoms with E-state index >= 15 is 0 Å². The lowest BCUT2D eigenvalue weighted by molar-refractivity contribution is 0.305. The molecular formula is C15H15ClN2O2. The zero-order valence-corrected chi connectivity index (χ0v) is 11.8. The Balaban J connectivity index is 2.19. The third-order valence-corrected chi connectivity index (χ3v) is 3.17. The highest BCUT2D eigenvalue weighted by molar-refractivity contribution is 6.32. The van der Waals surface area contributed by atoms with Gasteiger partial charge in [0, 0.05) is 11.1 Å². The maximum atomic E-state index is 8.77. The van der Waals surface area contributed by atoms with E-state index in [1.807, 2.05) is 43.3 Å². The number of nitrogens with zero attached hydrogens (tertiary/aromatic N) is 1. The molecule has 2 rings (SSSR count). The second-order valence-electron chi connectivity index (χ2n) is 4.36. The number of oxime groups is 1. The average molecular weight is 291 g/mol. The number of amidine groups is 1. The third kappa shape index (κ3) is 3.22. The number of aryl methyl sites for hydroxylation is 1. The summed E-state index contributed by atoms with van der Waals surface area (Å²) in [5.74, 6) is 0.658. The van der Waals surface area contributed by atoms with Crippen LogP contribution < -0.4 is 10.5 Å². The predicted octanol–water partition coefficient (Wildman–Crippen LogP) is 3.32. The highest BCUT2D eigenvalue weighted by Crippen LogP contribution is 2.26. The second kappa shape index (κ2) is 6.30. The van der Waals surface area contributed by atoms with Gasteiger partial charge in [0.2, 0.25) is 0 Å². The topological polar surface area (TPSA) is 67.8 Å². The molecule has 2 aromatic rings. The van der Waals surface area contributed by atoms with Crippen molar-refractivity contribution in [3.05, 3.63) is 64.2 Å². The van der Waals surface area contributed by atoms with Gasteiger partial charge >= 0.3 is 0 Å². The maximum Gasteiger partial charge on any atom is 0.170 e. The zero-order chi connectivity index (χ0) is 14.5. The zero-order valence-electron chi connectivity index (χ0n) is 11.0. The molecule has 0 unspecified atom stereocenters. The normalized spacial score (nSPS) is 11.4. The summed E-state index contributed by atoms with van der Waals surface area (Å²) >= 11 is 6.11. The number of benzene rings is 2. The Kier molecular flexibility index (Phi) is 4.48. The number of ether oxygens (including phenoxy) is 1. The third-order valence-electron chi connectivity index (χ3n) is 2.87. The van der Waals surface area contributed by atoms with Gasteiger partial charge in [0.05, 0.1) is 5.02 Å².